The predicted molar refractivity (Wildman–Crippen MR) is 63.2 cm³/mol. The molecule has 0 spiro atoms. The van der Waals surface area contributed by atoms with Crippen molar-refractivity contribution in [2.45, 2.75) is 26.6 Å². The van der Waals surface area contributed by atoms with Gasteiger partial charge in [-0.1, -0.05) is 6.92 Å². The van der Waals surface area contributed by atoms with Gasteiger partial charge in [-0.05, 0) is 31.0 Å². The number of alkyl halides is 3. The fraction of sp³-hybridized carbons (Fsp3) is 0.385. The smallest absolute Gasteiger partial charge is 0.462 e. The Morgan fingerprint density at radius 3 is 2.45 bits per heavy atom. The van der Waals surface area contributed by atoms with E-state index in [-0.39, 0.29) is 29.7 Å². The van der Waals surface area contributed by atoms with Gasteiger partial charge in [-0.2, -0.15) is 5.26 Å². The maximum atomic E-state index is 12.4. The highest BCUT2D eigenvalue weighted by Crippen LogP contribution is 2.31. The van der Waals surface area contributed by atoms with E-state index >= 15 is 0 Å². The number of nitrogens with zero attached hydrogens (tertiary/aromatic N) is 1. The standard InChI is InChI=1S/C13H12F3NO3/c1-3-9-5-8(7-17)6-10(20-13(14,15)16)11(9)12(18)19-4-2/h5-6H,3-4H2,1-2H3. The Balaban J connectivity index is 3.43. The Kier molecular flexibility index (Phi) is 4.97. The van der Waals surface area contributed by atoms with Gasteiger partial charge in [-0.15, -0.1) is 13.2 Å². The molecule has 0 aliphatic heterocycles. The van der Waals surface area contributed by atoms with Crippen LogP contribution in [-0.2, 0) is 11.2 Å². The van der Waals surface area contributed by atoms with E-state index in [1.54, 1.807) is 13.0 Å². The SMILES string of the molecule is CCOC(=O)c1c(CC)cc(C#N)cc1OC(F)(F)F. The zero-order chi connectivity index (χ0) is 15.3. The number of ether oxygens (including phenoxy) is 2. The summed E-state index contributed by atoms with van der Waals surface area (Å²) in [5.74, 6) is -1.63. The van der Waals surface area contributed by atoms with Crippen LogP contribution in [0.5, 0.6) is 5.75 Å². The number of hydrogen-bond acceptors (Lipinski definition) is 4. The van der Waals surface area contributed by atoms with Crippen LogP contribution in [0.25, 0.3) is 0 Å². The van der Waals surface area contributed by atoms with Crippen molar-refractivity contribution in [3.63, 3.8) is 0 Å². The van der Waals surface area contributed by atoms with Gasteiger partial charge >= 0.3 is 12.3 Å². The van der Waals surface area contributed by atoms with Gasteiger partial charge < -0.3 is 9.47 Å². The molecule has 108 valence electrons. The molecule has 20 heavy (non-hydrogen) atoms. The van der Waals surface area contributed by atoms with Crippen molar-refractivity contribution in [3.8, 4) is 11.8 Å². The molecule has 0 aliphatic rings. The highest BCUT2D eigenvalue weighted by atomic mass is 19.4. The lowest BCUT2D eigenvalue weighted by Gasteiger charge is -2.15. The van der Waals surface area contributed by atoms with Gasteiger partial charge in [-0.25, -0.2) is 4.79 Å². The molecule has 0 fully saturated rings. The van der Waals surface area contributed by atoms with Crippen molar-refractivity contribution in [2.75, 3.05) is 6.61 Å². The molecule has 0 saturated heterocycles. The van der Waals surface area contributed by atoms with Crippen molar-refractivity contribution >= 4 is 5.97 Å². The summed E-state index contributed by atoms with van der Waals surface area (Å²) in [5.41, 5.74) is -0.0541. The molecule has 0 radical (unpaired) electrons. The van der Waals surface area contributed by atoms with Gasteiger partial charge in [0.15, 0.2) is 0 Å². The molecule has 0 amide bonds. The second-order valence-corrected chi connectivity index (χ2v) is 3.74. The van der Waals surface area contributed by atoms with Crippen LogP contribution >= 0.6 is 0 Å². The van der Waals surface area contributed by atoms with Gasteiger partial charge in [-0.3, -0.25) is 0 Å². The number of carbonyl (C=O) groups is 1. The van der Waals surface area contributed by atoms with Crippen molar-refractivity contribution in [1.82, 2.24) is 0 Å². The van der Waals surface area contributed by atoms with E-state index in [4.69, 9.17) is 10.00 Å². The lowest BCUT2D eigenvalue weighted by atomic mass is 10.0. The molecule has 0 unspecified atom stereocenters. The second-order valence-electron chi connectivity index (χ2n) is 3.74. The summed E-state index contributed by atoms with van der Waals surface area (Å²) in [6.45, 7) is 3.21. The van der Waals surface area contributed by atoms with Crippen molar-refractivity contribution in [1.29, 1.82) is 5.26 Å². The zero-order valence-electron chi connectivity index (χ0n) is 10.9. The van der Waals surface area contributed by atoms with Gasteiger partial charge in [0.05, 0.1) is 18.2 Å². The van der Waals surface area contributed by atoms with Crippen LogP contribution in [0.4, 0.5) is 13.2 Å². The molecule has 7 heteroatoms. The summed E-state index contributed by atoms with van der Waals surface area (Å²) in [4.78, 5) is 11.8. The lowest BCUT2D eigenvalue weighted by Crippen LogP contribution is -2.20. The number of hydrogen-bond donors (Lipinski definition) is 0. The first-order chi connectivity index (χ1) is 9.32. The van der Waals surface area contributed by atoms with Crippen LogP contribution in [0.3, 0.4) is 0 Å². The largest absolute Gasteiger partial charge is 0.573 e. The predicted octanol–water partition coefficient (Wildman–Crippen LogP) is 3.20. The molecule has 0 bridgehead atoms. The van der Waals surface area contributed by atoms with Gasteiger partial charge in [0.2, 0.25) is 0 Å². The normalized spacial score (nSPS) is 10.8. The van der Waals surface area contributed by atoms with E-state index in [0.29, 0.717) is 0 Å². The molecule has 1 aromatic carbocycles. The summed E-state index contributed by atoms with van der Waals surface area (Å²) in [6, 6.07) is 3.94. The summed E-state index contributed by atoms with van der Waals surface area (Å²) in [7, 11) is 0. The molecule has 0 N–H and O–H groups in total. The van der Waals surface area contributed by atoms with Gasteiger partial charge in [0.1, 0.15) is 11.3 Å². The minimum Gasteiger partial charge on any atom is -0.462 e. The van der Waals surface area contributed by atoms with Crippen molar-refractivity contribution in [3.05, 3.63) is 28.8 Å². The number of nitriles is 1. The van der Waals surface area contributed by atoms with Gasteiger partial charge in [0, 0.05) is 0 Å². The first kappa shape index (κ1) is 15.8. The highest BCUT2D eigenvalue weighted by molar-refractivity contribution is 5.94. The third-order valence-corrected chi connectivity index (χ3v) is 2.40. The highest BCUT2D eigenvalue weighted by Gasteiger charge is 2.34. The minimum absolute atomic E-state index is 0.0193. The Bertz CT molecular complexity index is 547. The molecule has 0 aromatic heterocycles. The molecule has 1 aromatic rings. The third kappa shape index (κ3) is 3.88. The number of benzene rings is 1. The summed E-state index contributed by atoms with van der Waals surface area (Å²) < 4.78 is 45.7. The quantitative estimate of drug-likeness (QED) is 0.798. The summed E-state index contributed by atoms with van der Waals surface area (Å²) in [5, 5.41) is 8.81. The Morgan fingerprint density at radius 1 is 1.35 bits per heavy atom. The molecule has 0 aliphatic carbocycles. The van der Waals surface area contributed by atoms with Crippen LogP contribution in [0.2, 0.25) is 0 Å². The molecule has 0 heterocycles. The van der Waals surface area contributed by atoms with E-state index < -0.39 is 18.1 Å². The average molecular weight is 287 g/mol. The first-order valence-corrected chi connectivity index (χ1v) is 5.82. The van der Waals surface area contributed by atoms with Crippen LogP contribution in [0.15, 0.2) is 12.1 Å². The fourth-order valence-corrected chi connectivity index (χ4v) is 1.66. The van der Waals surface area contributed by atoms with Crippen LogP contribution < -0.4 is 4.74 Å². The Morgan fingerprint density at radius 2 is 2.00 bits per heavy atom. The van der Waals surface area contributed by atoms with E-state index in [2.05, 4.69) is 4.74 Å². The Labute approximate surface area is 113 Å². The maximum absolute atomic E-state index is 12.4. The molecule has 0 saturated carbocycles. The molecular formula is C13H12F3NO3. The Hall–Kier alpha value is -2.23. The monoisotopic (exact) mass is 287 g/mol. The van der Waals surface area contributed by atoms with E-state index in [1.807, 2.05) is 0 Å². The third-order valence-electron chi connectivity index (χ3n) is 2.40. The fourth-order valence-electron chi connectivity index (χ4n) is 1.66. The first-order valence-electron chi connectivity index (χ1n) is 5.82. The van der Waals surface area contributed by atoms with Crippen LogP contribution in [0, 0.1) is 11.3 Å². The van der Waals surface area contributed by atoms with Gasteiger partial charge in [0.25, 0.3) is 0 Å². The molecule has 1 rings (SSSR count). The molecular weight excluding hydrogens is 275 g/mol. The van der Waals surface area contributed by atoms with Crippen molar-refractivity contribution < 1.29 is 27.4 Å². The lowest BCUT2D eigenvalue weighted by molar-refractivity contribution is -0.274. The number of carbonyl (C=O) groups excluding carboxylic acids is 1. The van der Waals surface area contributed by atoms with E-state index in [0.717, 1.165) is 6.07 Å². The van der Waals surface area contributed by atoms with Crippen LogP contribution in [0.1, 0.15) is 35.3 Å². The number of aryl methyl sites for hydroxylation is 1. The van der Waals surface area contributed by atoms with Crippen molar-refractivity contribution in [2.24, 2.45) is 0 Å². The number of halogens is 3. The number of esters is 1. The molecule has 4 nitrogen and oxygen atoms in total. The van der Waals surface area contributed by atoms with Crippen LogP contribution in [-0.4, -0.2) is 18.9 Å². The summed E-state index contributed by atoms with van der Waals surface area (Å²) >= 11 is 0. The van der Waals surface area contributed by atoms with E-state index in [9.17, 15) is 18.0 Å². The summed E-state index contributed by atoms with van der Waals surface area (Å²) in [6.07, 6.45) is -4.70. The second kappa shape index (κ2) is 6.28. The molecule has 0 atom stereocenters. The topological polar surface area (TPSA) is 59.3 Å². The zero-order valence-corrected chi connectivity index (χ0v) is 10.9. The number of rotatable bonds is 4. The average Bonchev–Trinajstić information content (AvgIpc) is 2.35. The minimum atomic E-state index is -4.96. The van der Waals surface area contributed by atoms with E-state index in [1.165, 1.54) is 13.0 Å². The maximum Gasteiger partial charge on any atom is 0.573 e.